The van der Waals surface area contributed by atoms with Crippen molar-refractivity contribution in [1.29, 1.82) is 0 Å². The minimum absolute atomic E-state index is 0.158. The van der Waals surface area contributed by atoms with E-state index in [9.17, 15) is 9.90 Å². The van der Waals surface area contributed by atoms with Gasteiger partial charge in [-0.3, -0.25) is 5.32 Å². The van der Waals surface area contributed by atoms with E-state index in [2.05, 4.69) is 5.32 Å². The van der Waals surface area contributed by atoms with Gasteiger partial charge < -0.3 is 9.84 Å². The summed E-state index contributed by atoms with van der Waals surface area (Å²) >= 11 is 0. The fraction of sp³-hybridized carbons (Fsp3) is 0.353. The molecule has 2 rings (SSSR count). The number of benzene rings is 2. The number of anilines is 1. The van der Waals surface area contributed by atoms with Crippen LogP contribution in [0.4, 0.5) is 10.5 Å². The Morgan fingerprint density at radius 1 is 1.14 bits per heavy atom. The van der Waals surface area contributed by atoms with Gasteiger partial charge in [0.1, 0.15) is 11.4 Å². The zero-order valence-corrected chi connectivity index (χ0v) is 13.2. The molecule has 0 aliphatic heterocycles. The van der Waals surface area contributed by atoms with Gasteiger partial charge in [0, 0.05) is 5.39 Å². The molecule has 2 N–H and O–H groups in total. The highest BCUT2D eigenvalue weighted by Crippen LogP contribution is 2.27. The Morgan fingerprint density at radius 3 is 2.43 bits per heavy atom. The van der Waals surface area contributed by atoms with Crippen molar-refractivity contribution in [3.8, 4) is 5.75 Å². The maximum atomic E-state index is 11.8. The Hall–Kier alpha value is -2.23. The summed E-state index contributed by atoms with van der Waals surface area (Å²) in [7, 11) is 0. The second kappa shape index (κ2) is 6.97. The molecule has 0 fully saturated rings. The molecule has 0 radical (unpaired) electrons. The second-order valence-corrected chi connectivity index (χ2v) is 5.34. The summed E-state index contributed by atoms with van der Waals surface area (Å²) < 4.78 is 5.21. The van der Waals surface area contributed by atoms with E-state index in [4.69, 9.17) is 4.74 Å². The second-order valence-electron chi connectivity index (χ2n) is 5.34. The molecule has 0 aliphatic rings. The number of fused-ring (bicyclic) bond motifs is 1. The van der Waals surface area contributed by atoms with Crippen LogP contribution in [0.5, 0.6) is 5.75 Å². The molecule has 0 heterocycles. The quantitative estimate of drug-likeness (QED) is 0.783. The summed E-state index contributed by atoms with van der Waals surface area (Å²) in [6, 6.07) is 10.5. The maximum absolute atomic E-state index is 11.8. The van der Waals surface area contributed by atoms with Gasteiger partial charge in [0.25, 0.3) is 0 Å². The van der Waals surface area contributed by atoms with Crippen LogP contribution < -0.4 is 5.32 Å². The van der Waals surface area contributed by atoms with Crippen molar-refractivity contribution in [2.75, 3.05) is 5.32 Å². The predicted octanol–water partition coefficient (Wildman–Crippen LogP) is 4.92. The van der Waals surface area contributed by atoms with E-state index in [1.165, 1.54) is 0 Å². The largest absolute Gasteiger partial charge is 0.508 e. The zero-order valence-electron chi connectivity index (χ0n) is 13.2. The van der Waals surface area contributed by atoms with E-state index in [1.807, 2.05) is 46.8 Å². The molecule has 0 spiro atoms. The van der Waals surface area contributed by atoms with Crippen molar-refractivity contribution in [1.82, 2.24) is 0 Å². The van der Waals surface area contributed by atoms with E-state index >= 15 is 0 Å². The Balaban J connectivity index is 0.00000106. The van der Waals surface area contributed by atoms with Gasteiger partial charge >= 0.3 is 6.09 Å². The molecule has 114 valence electrons. The molecular formula is C17H23NO3. The molecule has 2 aromatic rings. The fourth-order valence-corrected chi connectivity index (χ4v) is 1.78. The maximum Gasteiger partial charge on any atom is 0.412 e. The van der Waals surface area contributed by atoms with Gasteiger partial charge in [0.2, 0.25) is 0 Å². The number of carbonyl (C=O) groups is 1. The molecule has 0 saturated heterocycles. The van der Waals surface area contributed by atoms with Crippen molar-refractivity contribution in [2.24, 2.45) is 0 Å². The molecule has 21 heavy (non-hydrogen) atoms. The molecule has 1 amide bonds. The van der Waals surface area contributed by atoms with Crippen molar-refractivity contribution in [3.63, 3.8) is 0 Å². The third kappa shape index (κ3) is 4.99. The Kier molecular flexibility index (Phi) is 5.59. The highest BCUT2D eigenvalue weighted by Gasteiger charge is 2.16. The van der Waals surface area contributed by atoms with Crippen LogP contribution in [0.1, 0.15) is 34.6 Å². The molecular weight excluding hydrogens is 266 g/mol. The average Bonchev–Trinajstić information content (AvgIpc) is 2.39. The van der Waals surface area contributed by atoms with Crippen LogP contribution in [0.25, 0.3) is 10.8 Å². The number of ether oxygens (including phenoxy) is 1. The standard InChI is InChI=1S/C15H17NO3.C2H6/c1-15(2,3)19-14(18)16-13-6-4-5-10-7-8-11(17)9-12(10)13;1-2/h4-9,17H,1-3H3,(H,16,18);1-2H3. The topological polar surface area (TPSA) is 58.6 Å². The summed E-state index contributed by atoms with van der Waals surface area (Å²) in [4.78, 5) is 11.8. The van der Waals surface area contributed by atoms with Crippen LogP contribution in [0, 0.1) is 0 Å². The molecule has 0 unspecified atom stereocenters. The molecule has 0 bridgehead atoms. The van der Waals surface area contributed by atoms with Crippen LogP contribution in [0.15, 0.2) is 36.4 Å². The summed E-state index contributed by atoms with van der Waals surface area (Å²) in [6.07, 6.45) is -0.511. The van der Waals surface area contributed by atoms with Gasteiger partial charge in [-0.15, -0.1) is 0 Å². The van der Waals surface area contributed by atoms with E-state index in [0.717, 1.165) is 10.8 Å². The SMILES string of the molecule is CC.CC(C)(C)OC(=O)Nc1cccc2ccc(O)cc12. The smallest absolute Gasteiger partial charge is 0.412 e. The monoisotopic (exact) mass is 289 g/mol. The molecule has 0 atom stereocenters. The molecule has 0 aliphatic carbocycles. The molecule has 0 saturated carbocycles. The van der Waals surface area contributed by atoms with Crippen molar-refractivity contribution >= 4 is 22.6 Å². The number of phenols is 1. The van der Waals surface area contributed by atoms with Crippen LogP contribution >= 0.6 is 0 Å². The third-order valence-electron chi connectivity index (χ3n) is 2.50. The van der Waals surface area contributed by atoms with Gasteiger partial charge in [0.05, 0.1) is 5.69 Å². The number of hydrogen-bond acceptors (Lipinski definition) is 3. The first-order valence-electron chi connectivity index (χ1n) is 7.07. The van der Waals surface area contributed by atoms with E-state index in [0.29, 0.717) is 5.69 Å². The summed E-state index contributed by atoms with van der Waals surface area (Å²) in [5.41, 5.74) is 0.0687. The zero-order chi connectivity index (χ0) is 16.0. The number of phenolic OH excluding ortho intramolecular Hbond substituents is 1. The van der Waals surface area contributed by atoms with Crippen molar-refractivity contribution in [2.45, 2.75) is 40.2 Å². The van der Waals surface area contributed by atoms with E-state index < -0.39 is 11.7 Å². The Labute approximate surface area is 125 Å². The van der Waals surface area contributed by atoms with Gasteiger partial charge in [-0.25, -0.2) is 4.79 Å². The first kappa shape index (κ1) is 16.8. The predicted molar refractivity (Wildman–Crippen MR) is 86.8 cm³/mol. The van der Waals surface area contributed by atoms with Gasteiger partial charge in [-0.05, 0) is 44.4 Å². The van der Waals surface area contributed by atoms with Gasteiger partial charge in [-0.2, -0.15) is 0 Å². The van der Waals surface area contributed by atoms with Gasteiger partial charge in [0.15, 0.2) is 0 Å². The fourth-order valence-electron chi connectivity index (χ4n) is 1.78. The van der Waals surface area contributed by atoms with Crippen LogP contribution in [-0.2, 0) is 4.74 Å². The summed E-state index contributed by atoms with van der Waals surface area (Å²) in [5.74, 6) is 0.158. The number of amides is 1. The number of rotatable bonds is 1. The number of aromatic hydroxyl groups is 1. The highest BCUT2D eigenvalue weighted by atomic mass is 16.6. The van der Waals surface area contributed by atoms with Crippen LogP contribution in [-0.4, -0.2) is 16.8 Å². The molecule has 4 heteroatoms. The third-order valence-corrected chi connectivity index (χ3v) is 2.50. The number of nitrogens with one attached hydrogen (secondary N) is 1. The Morgan fingerprint density at radius 2 is 1.81 bits per heavy atom. The van der Waals surface area contributed by atoms with E-state index in [-0.39, 0.29) is 5.75 Å². The van der Waals surface area contributed by atoms with Gasteiger partial charge in [-0.1, -0.05) is 32.0 Å². The Bertz CT molecular complexity index is 615. The minimum Gasteiger partial charge on any atom is -0.508 e. The molecule has 2 aromatic carbocycles. The molecule has 4 nitrogen and oxygen atoms in total. The number of hydrogen-bond donors (Lipinski definition) is 2. The minimum atomic E-state index is -0.545. The lowest BCUT2D eigenvalue weighted by Crippen LogP contribution is -2.27. The normalized spacial score (nSPS) is 10.5. The van der Waals surface area contributed by atoms with Crippen LogP contribution in [0.3, 0.4) is 0 Å². The highest BCUT2D eigenvalue weighted by molar-refractivity contribution is 6.00. The molecule has 0 aromatic heterocycles. The average molecular weight is 289 g/mol. The van der Waals surface area contributed by atoms with Crippen LogP contribution in [0.2, 0.25) is 0 Å². The lowest BCUT2D eigenvalue weighted by molar-refractivity contribution is 0.0636. The first-order chi connectivity index (χ1) is 9.85. The van der Waals surface area contributed by atoms with E-state index in [1.54, 1.807) is 24.3 Å². The summed E-state index contributed by atoms with van der Waals surface area (Å²) in [6.45, 7) is 9.42. The first-order valence-corrected chi connectivity index (χ1v) is 7.07. The summed E-state index contributed by atoms with van der Waals surface area (Å²) in [5, 5.41) is 13.9. The lowest BCUT2D eigenvalue weighted by Gasteiger charge is -2.20. The van der Waals surface area contributed by atoms with Crippen molar-refractivity contribution in [3.05, 3.63) is 36.4 Å². The number of carbonyl (C=O) groups excluding carboxylic acids is 1. The van der Waals surface area contributed by atoms with Crippen molar-refractivity contribution < 1.29 is 14.6 Å². The lowest BCUT2D eigenvalue weighted by atomic mass is 10.1.